The number of nitriles is 1. The van der Waals surface area contributed by atoms with Crippen LogP contribution in [0.2, 0.25) is 0 Å². The molecule has 0 saturated carbocycles. The second-order valence-electron chi connectivity index (χ2n) is 7.26. The van der Waals surface area contributed by atoms with E-state index in [0.717, 1.165) is 59.1 Å². The minimum absolute atomic E-state index is 0.0603. The van der Waals surface area contributed by atoms with Gasteiger partial charge in [0.25, 0.3) is 0 Å². The molecule has 27 heavy (non-hydrogen) atoms. The van der Waals surface area contributed by atoms with E-state index in [9.17, 15) is 10.4 Å². The molecule has 0 radical (unpaired) electrons. The third kappa shape index (κ3) is 3.44. The molecule has 4 nitrogen and oxygen atoms in total. The number of nitrogens with one attached hydrogen (secondary N) is 1. The molecule has 0 spiro atoms. The van der Waals surface area contributed by atoms with Gasteiger partial charge in [-0.05, 0) is 55.6 Å². The Morgan fingerprint density at radius 3 is 2.81 bits per heavy atom. The fourth-order valence-corrected chi connectivity index (χ4v) is 3.86. The van der Waals surface area contributed by atoms with Crippen LogP contribution in [0.3, 0.4) is 0 Å². The zero-order valence-corrected chi connectivity index (χ0v) is 15.4. The zero-order chi connectivity index (χ0) is 18.8. The third-order valence-corrected chi connectivity index (χ3v) is 5.45. The summed E-state index contributed by atoms with van der Waals surface area (Å²) >= 11 is 0. The largest absolute Gasteiger partial charge is 0.387 e. The number of benzene rings is 2. The monoisotopic (exact) mass is 357 g/mol. The number of rotatable bonds is 3. The Hall–Kier alpha value is -2.74. The van der Waals surface area contributed by atoms with E-state index < -0.39 is 6.10 Å². The summed E-state index contributed by atoms with van der Waals surface area (Å²) in [6, 6.07) is 18.0. The number of aryl methyl sites for hydroxylation is 1. The third-order valence-electron chi connectivity index (χ3n) is 5.45. The minimum atomic E-state index is -0.585. The van der Waals surface area contributed by atoms with Crippen molar-refractivity contribution >= 4 is 10.9 Å². The fraction of sp³-hybridized carbons (Fsp3) is 0.304. The second kappa shape index (κ2) is 7.48. The van der Waals surface area contributed by atoms with Crippen molar-refractivity contribution in [3.05, 3.63) is 65.2 Å². The van der Waals surface area contributed by atoms with Crippen LogP contribution in [-0.4, -0.2) is 22.7 Å². The van der Waals surface area contributed by atoms with Crippen LogP contribution >= 0.6 is 0 Å². The predicted molar refractivity (Wildman–Crippen MR) is 107 cm³/mol. The first kappa shape index (κ1) is 17.7. The highest BCUT2D eigenvalue weighted by molar-refractivity contribution is 5.85. The summed E-state index contributed by atoms with van der Waals surface area (Å²) < 4.78 is 0. The summed E-state index contributed by atoms with van der Waals surface area (Å²) in [5.74, 6) is 0. The van der Waals surface area contributed by atoms with Crippen LogP contribution in [-0.2, 0) is 0 Å². The average molecular weight is 357 g/mol. The van der Waals surface area contributed by atoms with Crippen molar-refractivity contribution in [2.45, 2.75) is 38.3 Å². The van der Waals surface area contributed by atoms with E-state index in [1.54, 1.807) is 0 Å². The van der Waals surface area contributed by atoms with Crippen molar-refractivity contribution in [1.82, 2.24) is 10.3 Å². The van der Waals surface area contributed by atoms with Crippen LogP contribution < -0.4 is 5.32 Å². The first-order valence-electron chi connectivity index (χ1n) is 9.49. The quantitative estimate of drug-likeness (QED) is 0.735. The van der Waals surface area contributed by atoms with Crippen molar-refractivity contribution in [1.29, 1.82) is 5.26 Å². The summed E-state index contributed by atoms with van der Waals surface area (Å²) in [6.45, 7) is 2.88. The van der Waals surface area contributed by atoms with E-state index in [2.05, 4.69) is 11.4 Å². The second-order valence-corrected chi connectivity index (χ2v) is 7.26. The molecule has 1 fully saturated rings. The van der Waals surface area contributed by atoms with Crippen LogP contribution in [0.15, 0.2) is 48.5 Å². The molecule has 1 unspecified atom stereocenters. The van der Waals surface area contributed by atoms with E-state index in [1.165, 1.54) is 0 Å². The van der Waals surface area contributed by atoms with Gasteiger partial charge in [0.2, 0.25) is 0 Å². The van der Waals surface area contributed by atoms with Gasteiger partial charge in [-0.3, -0.25) is 0 Å². The van der Waals surface area contributed by atoms with Gasteiger partial charge in [0.15, 0.2) is 0 Å². The number of pyridine rings is 1. The van der Waals surface area contributed by atoms with Crippen molar-refractivity contribution in [3.8, 4) is 17.3 Å². The lowest BCUT2D eigenvalue weighted by atomic mass is 9.91. The van der Waals surface area contributed by atoms with Crippen LogP contribution in [0.4, 0.5) is 0 Å². The van der Waals surface area contributed by atoms with Gasteiger partial charge in [0.05, 0.1) is 28.9 Å². The molecule has 0 amide bonds. The van der Waals surface area contributed by atoms with Crippen molar-refractivity contribution < 1.29 is 5.11 Å². The Morgan fingerprint density at radius 2 is 2.04 bits per heavy atom. The van der Waals surface area contributed by atoms with E-state index >= 15 is 0 Å². The summed E-state index contributed by atoms with van der Waals surface area (Å²) in [5, 5.41) is 24.9. The Labute approximate surface area is 159 Å². The summed E-state index contributed by atoms with van der Waals surface area (Å²) in [5.41, 5.74) is 5.04. The SMILES string of the molecule is Cc1ccc(-c2cc([C@H](O)C3CCCCN3)c3ccccc3n2)cc1C#N. The molecule has 2 aromatic carbocycles. The van der Waals surface area contributed by atoms with E-state index in [-0.39, 0.29) is 6.04 Å². The van der Waals surface area contributed by atoms with Gasteiger partial charge in [-0.25, -0.2) is 4.98 Å². The predicted octanol–water partition coefficient (Wildman–Crippen LogP) is 4.26. The van der Waals surface area contributed by atoms with Gasteiger partial charge in [0, 0.05) is 17.0 Å². The van der Waals surface area contributed by atoms with E-state index in [4.69, 9.17) is 4.98 Å². The van der Waals surface area contributed by atoms with Crippen molar-refractivity contribution in [3.63, 3.8) is 0 Å². The number of hydrogen-bond donors (Lipinski definition) is 2. The average Bonchev–Trinajstić information content (AvgIpc) is 2.73. The van der Waals surface area contributed by atoms with Crippen LogP contribution in [0.25, 0.3) is 22.2 Å². The maximum atomic E-state index is 11.1. The number of aliphatic hydroxyl groups excluding tert-OH is 1. The van der Waals surface area contributed by atoms with Gasteiger partial charge in [-0.1, -0.05) is 36.8 Å². The molecule has 4 rings (SSSR count). The molecule has 0 aliphatic carbocycles. The molecule has 3 aromatic rings. The summed E-state index contributed by atoms with van der Waals surface area (Å²) in [6.07, 6.45) is 2.67. The first-order valence-corrected chi connectivity index (χ1v) is 9.49. The Morgan fingerprint density at radius 1 is 1.19 bits per heavy atom. The normalized spacial score (nSPS) is 18.2. The lowest BCUT2D eigenvalue weighted by molar-refractivity contribution is 0.115. The molecule has 1 aromatic heterocycles. The maximum absolute atomic E-state index is 11.1. The molecule has 2 heterocycles. The van der Waals surface area contributed by atoms with Crippen LogP contribution in [0.5, 0.6) is 0 Å². The van der Waals surface area contributed by atoms with Crippen molar-refractivity contribution in [2.75, 3.05) is 6.54 Å². The van der Waals surface area contributed by atoms with Gasteiger partial charge < -0.3 is 10.4 Å². The highest BCUT2D eigenvalue weighted by Crippen LogP contribution is 2.32. The lowest BCUT2D eigenvalue weighted by Gasteiger charge is -2.29. The number of hydrogen-bond acceptors (Lipinski definition) is 4. The Balaban J connectivity index is 1.84. The molecule has 2 N–H and O–H groups in total. The fourth-order valence-electron chi connectivity index (χ4n) is 3.86. The lowest BCUT2D eigenvalue weighted by Crippen LogP contribution is -2.38. The highest BCUT2D eigenvalue weighted by atomic mass is 16.3. The smallest absolute Gasteiger partial charge is 0.0994 e. The Bertz CT molecular complexity index is 1020. The maximum Gasteiger partial charge on any atom is 0.0994 e. The number of aromatic nitrogens is 1. The standard InChI is InChI=1S/C23H23N3O/c1-15-9-10-16(12-17(15)14-24)22-13-19(18-6-2-3-7-20(18)26-22)23(27)21-8-4-5-11-25-21/h2-3,6-7,9-10,12-13,21,23,25,27H,4-5,8,11H2,1H3/t21?,23-/m0/s1. The van der Waals surface area contributed by atoms with E-state index in [0.29, 0.717) is 5.56 Å². The number of fused-ring (bicyclic) bond motifs is 1. The molecule has 2 atom stereocenters. The minimum Gasteiger partial charge on any atom is -0.387 e. The topological polar surface area (TPSA) is 68.9 Å². The van der Waals surface area contributed by atoms with Gasteiger partial charge in [-0.15, -0.1) is 0 Å². The molecule has 0 bridgehead atoms. The first-order chi connectivity index (χ1) is 13.2. The van der Waals surface area contributed by atoms with Crippen molar-refractivity contribution in [2.24, 2.45) is 0 Å². The van der Waals surface area contributed by atoms with Gasteiger partial charge in [0.1, 0.15) is 0 Å². The summed E-state index contributed by atoms with van der Waals surface area (Å²) in [7, 11) is 0. The van der Waals surface area contributed by atoms with Crippen LogP contribution in [0, 0.1) is 18.3 Å². The molecular weight excluding hydrogens is 334 g/mol. The number of piperidine rings is 1. The molecule has 1 aliphatic heterocycles. The Kier molecular flexibility index (Phi) is 4.89. The summed E-state index contributed by atoms with van der Waals surface area (Å²) in [4.78, 5) is 4.80. The van der Waals surface area contributed by atoms with E-state index in [1.807, 2.05) is 55.5 Å². The molecular formula is C23H23N3O. The molecule has 1 aliphatic rings. The number of para-hydroxylation sites is 1. The van der Waals surface area contributed by atoms with Gasteiger partial charge in [-0.2, -0.15) is 5.26 Å². The van der Waals surface area contributed by atoms with Crippen LogP contribution in [0.1, 0.15) is 42.1 Å². The molecule has 1 saturated heterocycles. The molecule has 4 heteroatoms. The zero-order valence-electron chi connectivity index (χ0n) is 15.4. The number of nitrogens with zero attached hydrogens (tertiary/aromatic N) is 2. The molecule has 136 valence electrons. The highest BCUT2D eigenvalue weighted by Gasteiger charge is 2.25. The van der Waals surface area contributed by atoms with Gasteiger partial charge >= 0.3 is 0 Å². The number of aliphatic hydroxyl groups is 1.